The zero-order valence-corrected chi connectivity index (χ0v) is 10.8. The maximum absolute atomic E-state index is 10.4. The Morgan fingerprint density at radius 2 is 2.11 bits per heavy atom. The van der Waals surface area contributed by atoms with Crippen molar-refractivity contribution in [3.8, 4) is 11.4 Å². The fourth-order valence-electron chi connectivity index (χ4n) is 1.84. The van der Waals surface area contributed by atoms with E-state index in [4.69, 9.17) is 9.63 Å². The van der Waals surface area contributed by atoms with E-state index in [9.17, 15) is 4.79 Å². The van der Waals surface area contributed by atoms with Crippen LogP contribution in [0, 0.1) is 6.92 Å². The molecule has 0 saturated heterocycles. The summed E-state index contributed by atoms with van der Waals surface area (Å²) in [5, 5.41) is 12.5. The minimum Gasteiger partial charge on any atom is -0.481 e. The number of aryl methyl sites for hydroxylation is 2. The van der Waals surface area contributed by atoms with Gasteiger partial charge in [0, 0.05) is 18.4 Å². The molecule has 2 aromatic rings. The number of benzene rings is 1. The second-order valence-electron chi connectivity index (χ2n) is 4.43. The number of hydrogen-bond acceptors (Lipinski definition) is 4. The molecule has 0 spiro atoms. The molecule has 100 valence electrons. The van der Waals surface area contributed by atoms with Gasteiger partial charge in [0.2, 0.25) is 11.7 Å². The van der Waals surface area contributed by atoms with Crippen LogP contribution < -0.4 is 0 Å². The van der Waals surface area contributed by atoms with Crippen LogP contribution in [0.25, 0.3) is 11.4 Å². The molecule has 1 heterocycles. The molecular weight excluding hydrogens is 244 g/mol. The second kappa shape index (κ2) is 6.13. The molecule has 0 saturated carbocycles. The number of nitrogens with zero attached hydrogens (tertiary/aromatic N) is 2. The van der Waals surface area contributed by atoms with Crippen LogP contribution in [0.5, 0.6) is 0 Å². The number of aliphatic carboxylic acids is 1. The Kier molecular flexibility index (Phi) is 4.28. The smallest absolute Gasteiger partial charge is 0.303 e. The van der Waals surface area contributed by atoms with Gasteiger partial charge in [0.25, 0.3) is 0 Å². The molecule has 1 aromatic heterocycles. The zero-order valence-electron chi connectivity index (χ0n) is 10.8. The Morgan fingerprint density at radius 3 is 2.84 bits per heavy atom. The van der Waals surface area contributed by atoms with E-state index in [1.165, 1.54) is 0 Å². The highest BCUT2D eigenvalue weighted by Crippen LogP contribution is 2.20. The number of hydrogen-bond donors (Lipinski definition) is 1. The van der Waals surface area contributed by atoms with Gasteiger partial charge >= 0.3 is 5.97 Å². The molecule has 0 amide bonds. The van der Waals surface area contributed by atoms with Crippen molar-refractivity contribution < 1.29 is 14.4 Å². The van der Waals surface area contributed by atoms with E-state index in [1.54, 1.807) is 0 Å². The first-order valence-corrected chi connectivity index (χ1v) is 6.27. The zero-order chi connectivity index (χ0) is 13.7. The van der Waals surface area contributed by atoms with Gasteiger partial charge in [-0.3, -0.25) is 4.79 Å². The largest absolute Gasteiger partial charge is 0.481 e. The van der Waals surface area contributed by atoms with Crippen molar-refractivity contribution in [3.05, 3.63) is 35.7 Å². The highest BCUT2D eigenvalue weighted by molar-refractivity contribution is 5.66. The van der Waals surface area contributed by atoms with Gasteiger partial charge < -0.3 is 9.63 Å². The van der Waals surface area contributed by atoms with E-state index in [2.05, 4.69) is 10.1 Å². The fourth-order valence-corrected chi connectivity index (χ4v) is 1.84. The van der Waals surface area contributed by atoms with E-state index in [0.717, 1.165) is 17.5 Å². The van der Waals surface area contributed by atoms with Crippen LogP contribution in [-0.2, 0) is 11.2 Å². The van der Waals surface area contributed by atoms with Crippen molar-refractivity contribution in [3.63, 3.8) is 0 Å². The van der Waals surface area contributed by atoms with Crippen LogP contribution in [-0.4, -0.2) is 21.2 Å². The molecule has 0 aliphatic heterocycles. The van der Waals surface area contributed by atoms with Crippen molar-refractivity contribution in [2.45, 2.75) is 32.6 Å². The number of carbonyl (C=O) groups is 1. The van der Waals surface area contributed by atoms with Gasteiger partial charge in [0.15, 0.2) is 0 Å². The molecule has 0 fully saturated rings. The molecule has 0 atom stereocenters. The molecule has 5 nitrogen and oxygen atoms in total. The Labute approximate surface area is 111 Å². The van der Waals surface area contributed by atoms with Crippen LogP contribution in [0.1, 0.15) is 30.7 Å². The van der Waals surface area contributed by atoms with E-state index >= 15 is 0 Å². The first-order chi connectivity index (χ1) is 9.16. The highest BCUT2D eigenvalue weighted by atomic mass is 16.5. The summed E-state index contributed by atoms with van der Waals surface area (Å²) in [4.78, 5) is 14.7. The van der Waals surface area contributed by atoms with E-state index in [-0.39, 0.29) is 6.42 Å². The van der Waals surface area contributed by atoms with Crippen LogP contribution in [0.3, 0.4) is 0 Å². The Morgan fingerprint density at radius 1 is 1.32 bits per heavy atom. The van der Waals surface area contributed by atoms with Crippen molar-refractivity contribution >= 4 is 5.97 Å². The Hall–Kier alpha value is -2.17. The van der Waals surface area contributed by atoms with E-state index in [1.807, 2.05) is 31.2 Å². The second-order valence-corrected chi connectivity index (χ2v) is 4.43. The number of aromatic nitrogens is 2. The predicted octanol–water partition coefficient (Wildman–Crippen LogP) is 2.84. The third-order valence-electron chi connectivity index (χ3n) is 2.89. The number of unbranched alkanes of at least 4 members (excludes halogenated alkanes) is 1. The van der Waals surface area contributed by atoms with E-state index < -0.39 is 5.97 Å². The van der Waals surface area contributed by atoms with E-state index in [0.29, 0.717) is 24.6 Å². The fraction of sp³-hybridized carbons (Fsp3) is 0.357. The van der Waals surface area contributed by atoms with Gasteiger partial charge in [-0.2, -0.15) is 4.98 Å². The maximum atomic E-state index is 10.4. The number of rotatable bonds is 6. The summed E-state index contributed by atoms with van der Waals surface area (Å²) >= 11 is 0. The Bertz CT molecular complexity index is 563. The average Bonchev–Trinajstić information content (AvgIpc) is 2.83. The SMILES string of the molecule is Cc1ccccc1-c1noc(CCCCC(=O)O)n1. The molecule has 0 aliphatic rings. The lowest BCUT2D eigenvalue weighted by Gasteiger charge is -1.98. The van der Waals surface area contributed by atoms with Gasteiger partial charge in [-0.15, -0.1) is 0 Å². The number of carboxylic acids is 1. The molecule has 1 N–H and O–H groups in total. The average molecular weight is 260 g/mol. The highest BCUT2D eigenvalue weighted by Gasteiger charge is 2.10. The summed E-state index contributed by atoms with van der Waals surface area (Å²) in [5.74, 6) is 0.376. The molecule has 5 heteroatoms. The van der Waals surface area contributed by atoms with Gasteiger partial charge in [-0.25, -0.2) is 0 Å². The summed E-state index contributed by atoms with van der Waals surface area (Å²) in [5.41, 5.74) is 2.06. The normalized spacial score (nSPS) is 10.6. The summed E-state index contributed by atoms with van der Waals surface area (Å²) in [7, 11) is 0. The summed E-state index contributed by atoms with van der Waals surface area (Å²) < 4.78 is 5.17. The lowest BCUT2D eigenvalue weighted by atomic mass is 10.1. The first kappa shape index (κ1) is 13.3. The van der Waals surface area contributed by atoms with Gasteiger partial charge in [-0.05, 0) is 25.3 Å². The lowest BCUT2D eigenvalue weighted by Crippen LogP contribution is -1.95. The summed E-state index contributed by atoms with van der Waals surface area (Å²) in [6.45, 7) is 2.00. The molecular formula is C14H16N2O3. The Balaban J connectivity index is 1.96. The van der Waals surface area contributed by atoms with Crippen molar-refractivity contribution in [1.29, 1.82) is 0 Å². The van der Waals surface area contributed by atoms with Gasteiger partial charge in [0.1, 0.15) is 0 Å². The molecule has 1 aromatic carbocycles. The monoisotopic (exact) mass is 260 g/mol. The molecule has 19 heavy (non-hydrogen) atoms. The maximum Gasteiger partial charge on any atom is 0.303 e. The topological polar surface area (TPSA) is 76.2 Å². The van der Waals surface area contributed by atoms with Crippen LogP contribution >= 0.6 is 0 Å². The van der Waals surface area contributed by atoms with Crippen molar-refractivity contribution in [2.75, 3.05) is 0 Å². The standard InChI is InChI=1S/C14H16N2O3/c1-10-6-2-3-7-11(10)14-15-12(19-16-14)8-4-5-9-13(17)18/h2-3,6-7H,4-5,8-9H2,1H3,(H,17,18). The minimum atomic E-state index is -0.772. The summed E-state index contributed by atoms with van der Waals surface area (Å²) in [6.07, 6.45) is 2.16. The third-order valence-corrected chi connectivity index (χ3v) is 2.89. The molecule has 0 unspecified atom stereocenters. The number of carboxylic acid groups (broad SMARTS) is 1. The van der Waals surface area contributed by atoms with Crippen LogP contribution in [0.2, 0.25) is 0 Å². The third kappa shape index (κ3) is 3.64. The van der Waals surface area contributed by atoms with Crippen LogP contribution in [0.15, 0.2) is 28.8 Å². The lowest BCUT2D eigenvalue weighted by molar-refractivity contribution is -0.137. The molecule has 0 bridgehead atoms. The quantitative estimate of drug-likeness (QED) is 0.808. The van der Waals surface area contributed by atoms with Crippen LogP contribution in [0.4, 0.5) is 0 Å². The predicted molar refractivity (Wildman–Crippen MR) is 69.7 cm³/mol. The van der Waals surface area contributed by atoms with Crippen molar-refractivity contribution in [2.24, 2.45) is 0 Å². The molecule has 0 aliphatic carbocycles. The van der Waals surface area contributed by atoms with Gasteiger partial charge in [0.05, 0.1) is 0 Å². The minimum absolute atomic E-state index is 0.179. The van der Waals surface area contributed by atoms with Crippen molar-refractivity contribution in [1.82, 2.24) is 10.1 Å². The summed E-state index contributed by atoms with van der Waals surface area (Å²) in [6, 6.07) is 7.85. The molecule has 0 radical (unpaired) electrons. The van der Waals surface area contributed by atoms with Gasteiger partial charge in [-0.1, -0.05) is 29.4 Å². The molecule has 2 rings (SSSR count). The first-order valence-electron chi connectivity index (χ1n) is 6.27.